The molecule has 4 aromatic carbocycles. The second kappa shape index (κ2) is 7.09. The molecule has 0 aliphatic carbocycles. The molecule has 0 saturated heterocycles. The number of hydrogen-bond acceptors (Lipinski definition) is 1. The lowest BCUT2D eigenvalue weighted by atomic mass is 10.1. The first kappa shape index (κ1) is 16.4. The summed E-state index contributed by atoms with van der Waals surface area (Å²) in [6, 6.07) is 38.4. The van der Waals surface area contributed by atoms with Crippen molar-refractivity contribution in [3.8, 4) is 5.69 Å². The van der Waals surface area contributed by atoms with Crippen molar-refractivity contribution in [3.05, 3.63) is 122 Å². The van der Waals surface area contributed by atoms with Gasteiger partial charge in [0.2, 0.25) is 0 Å². The largest absolute Gasteiger partial charge is 0.324 e. The summed E-state index contributed by atoms with van der Waals surface area (Å²) in [5.74, 6) is 0. The van der Waals surface area contributed by atoms with Gasteiger partial charge in [0.25, 0.3) is 0 Å². The average molecular weight is 360 g/mol. The molecule has 5 aromatic rings. The minimum atomic E-state index is 1.14. The zero-order chi connectivity index (χ0) is 18.8. The molecule has 134 valence electrons. The van der Waals surface area contributed by atoms with E-state index in [1.807, 2.05) is 12.1 Å². The maximum atomic E-state index is 2.30. The van der Waals surface area contributed by atoms with E-state index in [0.717, 1.165) is 22.7 Å². The summed E-state index contributed by atoms with van der Waals surface area (Å²) in [6.45, 7) is 0. The number of para-hydroxylation sites is 1. The molecule has 0 aliphatic rings. The zero-order valence-electron chi connectivity index (χ0n) is 15.4. The van der Waals surface area contributed by atoms with E-state index in [1.165, 1.54) is 10.8 Å². The van der Waals surface area contributed by atoms with Crippen molar-refractivity contribution in [3.63, 3.8) is 0 Å². The molecule has 2 nitrogen and oxygen atoms in total. The molecule has 0 radical (unpaired) electrons. The fourth-order valence-electron chi connectivity index (χ4n) is 3.62. The molecule has 1 aromatic heterocycles. The smallest absolute Gasteiger partial charge is 0.0468 e. The van der Waals surface area contributed by atoms with Crippen LogP contribution in [0.25, 0.3) is 16.5 Å². The second-order valence-electron chi connectivity index (χ2n) is 6.81. The van der Waals surface area contributed by atoms with E-state index < -0.39 is 0 Å². The van der Waals surface area contributed by atoms with Gasteiger partial charge in [0.05, 0.1) is 0 Å². The van der Waals surface area contributed by atoms with Crippen LogP contribution in [0, 0.1) is 0 Å². The van der Waals surface area contributed by atoms with E-state index in [-0.39, 0.29) is 0 Å². The van der Waals surface area contributed by atoms with Crippen molar-refractivity contribution in [2.24, 2.45) is 0 Å². The Morgan fingerprint density at radius 1 is 0.464 bits per heavy atom. The van der Waals surface area contributed by atoms with Gasteiger partial charge in [-0.05, 0) is 71.4 Å². The SMILES string of the molecule is c1ccc(N(c2ccc(-n3cccc3)cc2)c2ccc3ccccc3c2)cc1. The van der Waals surface area contributed by atoms with Crippen molar-refractivity contribution in [2.45, 2.75) is 0 Å². The number of benzene rings is 4. The predicted molar refractivity (Wildman–Crippen MR) is 118 cm³/mol. The zero-order valence-corrected chi connectivity index (χ0v) is 15.4. The maximum absolute atomic E-state index is 2.30. The summed E-state index contributed by atoms with van der Waals surface area (Å²) in [4.78, 5) is 2.30. The van der Waals surface area contributed by atoms with Gasteiger partial charge in [0, 0.05) is 35.1 Å². The van der Waals surface area contributed by atoms with Crippen LogP contribution in [0.4, 0.5) is 17.1 Å². The van der Waals surface area contributed by atoms with Crippen LogP contribution in [0.5, 0.6) is 0 Å². The summed E-state index contributed by atoms with van der Waals surface area (Å²) < 4.78 is 2.12. The lowest BCUT2D eigenvalue weighted by Crippen LogP contribution is -2.09. The normalized spacial score (nSPS) is 10.9. The molecule has 28 heavy (non-hydrogen) atoms. The third kappa shape index (κ3) is 3.06. The van der Waals surface area contributed by atoms with Crippen molar-refractivity contribution in [1.29, 1.82) is 0 Å². The van der Waals surface area contributed by atoms with E-state index >= 15 is 0 Å². The van der Waals surface area contributed by atoms with Gasteiger partial charge in [-0.3, -0.25) is 0 Å². The first-order chi connectivity index (χ1) is 13.9. The Kier molecular flexibility index (Phi) is 4.15. The van der Waals surface area contributed by atoms with Crippen molar-refractivity contribution < 1.29 is 0 Å². The number of aromatic nitrogens is 1. The van der Waals surface area contributed by atoms with E-state index in [2.05, 4.69) is 119 Å². The van der Waals surface area contributed by atoms with Gasteiger partial charge in [-0.1, -0.05) is 48.5 Å². The number of nitrogens with zero attached hydrogens (tertiary/aromatic N) is 2. The minimum absolute atomic E-state index is 1.14. The number of rotatable bonds is 4. The molecule has 0 amide bonds. The van der Waals surface area contributed by atoms with Crippen LogP contribution in [0.1, 0.15) is 0 Å². The number of anilines is 3. The molecule has 0 N–H and O–H groups in total. The average Bonchev–Trinajstić information content (AvgIpc) is 3.30. The van der Waals surface area contributed by atoms with Crippen molar-refractivity contribution >= 4 is 27.8 Å². The summed E-state index contributed by atoms with van der Waals surface area (Å²) in [7, 11) is 0. The first-order valence-electron chi connectivity index (χ1n) is 9.46. The van der Waals surface area contributed by atoms with Crippen LogP contribution in [0.15, 0.2) is 122 Å². The van der Waals surface area contributed by atoms with E-state index in [9.17, 15) is 0 Å². The van der Waals surface area contributed by atoms with Gasteiger partial charge in [-0.2, -0.15) is 0 Å². The predicted octanol–water partition coefficient (Wildman–Crippen LogP) is 7.10. The summed E-state index contributed by atoms with van der Waals surface area (Å²) in [5, 5.41) is 2.49. The van der Waals surface area contributed by atoms with Crippen LogP contribution in [-0.2, 0) is 0 Å². The fraction of sp³-hybridized carbons (Fsp3) is 0. The Morgan fingerprint density at radius 3 is 1.82 bits per heavy atom. The van der Waals surface area contributed by atoms with Gasteiger partial charge >= 0.3 is 0 Å². The first-order valence-corrected chi connectivity index (χ1v) is 9.46. The lowest BCUT2D eigenvalue weighted by molar-refractivity contribution is 1.08. The van der Waals surface area contributed by atoms with E-state index in [0.29, 0.717) is 0 Å². The van der Waals surface area contributed by atoms with Gasteiger partial charge in [-0.15, -0.1) is 0 Å². The highest BCUT2D eigenvalue weighted by atomic mass is 15.1. The third-order valence-electron chi connectivity index (χ3n) is 5.02. The van der Waals surface area contributed by atoms with Crippen LogP contribution in [0.2, 0.25) is 0 Å². The molecule has 0 spiro atoms. The Labute approximate surface area is 164 Å². The van der Waals surface area contributed by atoms with E-state index in [1.54, 1.807) is 0 Å². The highest BCUT2D eigenvalue weighted by Gasteiger charge is 2.12. The summed E-state index contributed by atoms with van der Waals surface area (Å²) in [6.07, 6.45) is 4.13. The molecule has 0 fully saturated rings. The van der Waals surface area contributed by atoms with Crippen LogP contribution in [-0.4, -0.2) is 4.57 Å². The molecule has 0 bridgehead atoms. The Morgan fingerprint density at radius 2 is 1.07 bits per heavy atom. The summed E-state index contributed by atoms with van der Waals surface area (Å²) >= 11 is 0. The Hall–Kier alpha value is -3.78. The molecule has 0 unspecified atom stereocenters. The van der Waals surface area contributed by atoms with Crippen LogP contribution in [0.3, 0.4) is 0 Å². The van der Waals surface area contributed by atoms with Gasteiger partial charge in [0.1, 0.15) is 0 Å². The Balaban J connectivity index is 1.62. The molecular weight excluding hydrogens is 340 g/mol. The molecule has 0 saturated carbocycles. The number of fused-ring (bicyclic) bond motifs is 1. The lowest BCUT2D eigenvalue weighted by Gasteiger charge is -2.26. The van der Waals surface area contributed by atoms with Crippen LogP contribution >= 0.6 is 0 Å². The fourth-order valence-corrected chi connectivity index (χ4v) is 3.62. The minimum Gasteiger partial charge on any atom is -0.324 e. The van der Waals surface area contributed by atoms with E-state index in [4.69, 9.17) is 0 Å². The monoisotopic (exact) mass is 360 g/mol. The molecule has 5 rings (SSSR count). The highest BCUT2D eigenvalue weighted by Crippen LogP contribution is 2.36. The molecule has 0 atom stereocenters. The van der Waals surface area contributed by atoms with Gasteiger partial charge in [-0.25, -0.2) is 0 Å². The standard InChI is InChI=1S/C26H20N2/c1-2-10-24(11-3-1)28(26-13-12-21-8-4-5-9-22(21)20-26)25-16-14-23(15-17-25)27-18-6-7-19-27/h1-20H. The topological polar surface area (TPSA) is 8.17 Å². The molecular formula is C26H20N2. The van der Waals surface area contributed by atoms with Gasteiger partial charge < -0.3 is 9.47 Å². The number of hydrogen-bond donors (Lipinski definition) is 0. The molecule has 1 heterocycles. The third-order valence-corrected chi connectivity index (χ3v) is 5.02. The van der Waals surface area contributed by atoms with Crippen molar-refractivity contribution in [1.82, 2.24) is 4.57 Å². The molecule has 0 aliphatic heterocycles. The quantitative estimate of drug-likeness (QED) is 0.332. The molecule has 2 heteroatoms. The van der Waals surface area contributed by atoms with Crippen LogP contribution < -0.4 is 4.90 Å². The highest BCUT2D eigenvalue weighted by molar-refractivity contribution is 5.89. The Bertz CT molecular complexity index is 1190. The van der Waals surface area contributed by atoms with Crippen molar-refractivity contribution in [2.75, 3.05) is 4.90 Å². The maximum Gasteiger partial charge on any atom is 0.0468 e. The van der Waals surface area contributed by atoms with Gasteiger partial charge in [0.15, 0.2) is 0 Å². The second-order valence-corrected chi connectivity index (χ2v) is 6.81. The summed E-state index contributed by atoms with van der Waals surface area (Å²) in [5.41, 5.74) is 4.59.